The first-order valence-corrected chi connectivity index (χ1v) is 10.8. The van der Waals surface area contributed by atoms with Crippen LogP contribution < -0.4 is 0 Å². The Morgan fingerprint density at radius 1 is 0.870 bits per heavy atom. The lowest BCUT2D eigenvalue weighted by atomic mass is 10.1. The molecule has 2 heteroatoms. The van der Waals surface area contributed by atoms with Gasteiger partial charge in [0.05, 0.1) is 5.75 Å². The molecule has 0 N–H and O–H groups in total. The Labute approximate surface area is 149 Å². The molecule has 0 saturated carbocycles. The second-order valence-electron chi connectivity index (χ2n) is 6.34. The van der Waals surface area contributed by atoms with Gasteiger partial charge in [0, 0.05) is 0 Å². The average Bonchev–Trinajstić information content (AvgIpc) is 2.55. The lowest BCUT2D eigenvalue weighted by molar-refractivity contribution is -0.113. The Morgan fingerprint density at radius 3 is 2.00 bits per heavy atom. The minimum Gasteiger partial charge on any atom is -0.294 e. The maximum atomic E-state index is 11.9. The van der Waals surface area contributed by atoms with E-state index >= 15 is 0 Å². The fourth-order valence-corrected chi connectivity index (χ4v) is 3.38. The van der Waals surface area contributed by atoms with E-state index in [1.807, 2.05) is 19.1 Å². The highest BCUT2D eigenvalue weighted by molar-refractivity contribution is 7.99. The standard InChI is InChI=1S/C21H38OS/c1-4-6-8-9-10-11-12-13-14-16-18-23-19-21(22)20(3)17-15-7-5-2/h7,15,17H,4-6,8-14,16,18-19H2,1-3H3/b15-7-,20-17+. The van der Waals surface area contributed by atoms with Crippen molar-refractivity contribution in [1.29, 1.82) is 0 Å². The maximum absolute atomic E-state index is 11.9. The number of carbonyl (C=O) groups is 1. The largest absolute Gasteiger partial charge is 0.294 e. The lowest BCUT2D eigenvalue weighted by Crippen LogP contribution is -2.03. The van der Waals surface area contributed by atoms with E-state index in [0.717, 1.165) is 17.7 Å². The van der Waals surface area contributed by atoms with Crippen molar-refractivity contribution in [2.45, 2.75) is 91.4 Å². The highest BCUT2D eigenvalue weighted by Gasteiger charge is 2.03. The number of unbranched alkanes of at least 4 members (excludes halogenated alkanes) is 9. The number of thioether (sulfide) groups is 1. The number of hydrogen-bond donors (Lipinski definition) is 0. The Kier molecular flexibility index (Phi) is 17.5. The molecule has 0 aromatic carbocycles. The summed E-state index contributed by atoms with van der Waals surface area (Å²) < 4.78 is 0. The zero-order valence-corrected chi connectivity index (χ0v) is 16.6. The van der Waals surface area contributed by atoms with E-state index in [2.05, 4.69) is 19.9 Å². The van der Waals surface area contributed by atoms with Gasteiger partial charge in [0.15, 0.2) is 5.78 Å². The van der Waals surface area contributed by atoms with Crippen LogP contribution in [0.2, 0.25) is 0 Å². The fourth-order valence-electron chi connectivity index (χ4n) is 2.41. The molecule has 0 aliphatic heterocycles. The SMILES string of the molecule is CC/C=C\C=C(/C)C(=O)CSCCCCCCCCCCCC. The monoisotopic (exact) mass is 338 g/mol. The predicted octanol–water partition coefficient (Wildman–Crippen LogP) is 7.12. The normalized spacial score (nSPS) is 12.2. The van der Waals surface area contributed by atoms with E-state index in [0.29, 0.717) is 5.75 Å². The van der Waals surface area contributed by atoms with Crippen molar-refractivity contribution >= 4 is 17.5 Å². The Balaban J connectivity index is 3.37. The third-order valence-corrected chi connectivity index (χ3v) is 5.08. The molecule has 0 aliphatic carbocycles. The highest BCUT2D eigenvalue weighted by atomic mass is 32.2. The predicted molar refractivity (Wildman–Crippen MR) is 107 cm³/mol. The van der Waals surface area contributed by atoms with Gasteiger partial charge in [0.1, 0.15) is 0 Å². The summed E-state index contributed by atoms with van der Waals surface area (Å²) in [5, 5.41) is 0. The molecule has 0 amide bonds. The first-order valence-electron chi connectivity index (χ1n) is 9.66. The topological polar surface area (TPSA) is 17.1 Å². The molecular weight excluding hydrogens is 300 g/mol. The molecule has 0 atom stereocenters. The van der Waals surface area contributed by atoms with Crippen molar-refractivity contribution in [2.75, 3.05) is 11.5 Å². The molecule has 1 nitrogen and oxygen atoms in total. The number of allylic oxidation sites excluding steroid dienone is 4. The first-order chi connectivity index (χ1) is 11.2. The van der Waals surface area contributed by atoms with Gasteiger partial charge in [0.2, 0.25) is 0 Å². The summed E-state index contributed by atoms with van der Waals surface area (Å²) in [6.07, 6.45) is 20.8. The van der Waals surface area contributed by atoms with Crippen molar-refractivity contribution in [2.24, 2.45) is 0 Å². The molecule has 0 aliphatic rings. The molecule has 23 heavy (non-hydrogen) atoms. The van der Waals surface area contributed by atoms with Crippen molar-refractivity contribution in [3.05, 3.63) is 23.8 Å². The van der Waals surface area contributed by atoms with E-state index in [-0.39, 0.29) is 5.78 Å². The van der Waals surface area contributed by atoms with Crippen molar-refractivity contribution in [3.8, 4) is 0 Å². The summed E-state index contributed by atoms with van der Waals surface area (Å²) in [4.78, 5) is 11.9. The average molecular weight is 339 g/mol. The van der Waals surface area contributed by atoms with Crippen LogP contribution in [0.5, 0.6) is 0 Å². The minimum absolute atomic E-state index is 0.280. The second-order valence-corrected chi connectivity index (χ2v) is 7.45. The number of rotatable bonds is 16. The van der Waals surface area contributed by atoms with Crippen LogP contribution in [0.25, 0.3) is 0 Å². The highest BCUT2D eigenvalue weighted by Crippen LogP contribution is 2.13. The van der Waals surface area contributed by atoms with Crippen LogP contribution >= 0.6 is 11.8 Å². The third kappa shape index (κ3) is 16.1. The zero-order chi connectivity index (χ0) is 17.2. The van der Waals surface area contributed by atoms with Gasteiger partial charge in [-0.1, -0.05) is 89.9 Å². The van der Waals surface area contributed by atoms with Crippen LogP contribution in [-0.2, 0) is 4.79 Å². The van der Waals surface area contributed by atoms with Crippen LogP contribution in [0.15, 0.2) is 23.8 Å². The fraction of sp³-hybridized carbons (Fsp3) is 0.762. The van der Waals surface area contributed by atoms with Gasteiger partial charge in [-0.3, -0.25) is 4.79 Å². The van der Waals surface area contributed by atoms with E-state index < -0.39 is 0 Å². The number of Topliss-reactive ketones (excluding diaryl/α,β-unsaturated/α-hetero) is 1. The molecule has 0 saturated heterocycles. The zero-order valence-electron chi connectivity index (χ0n) is 15.7. The smallest absolute Gasteiger partial charge is 0.168 e. The van der Waals surface area contributed by atoms with Crippen LogP contribution in [0.3, 0.4) is 0 Å². The number of ketones is 1. The van der Waals surface area contributed by atoms with E-state index in [1.165, 1.54) is 64.2 Å². The van der Waals surface area contributed by atoms with E-state index in [1.54, 1.807) is 11.8 Å². The maximum Gasteiger partial charge on any atom is 0.168 e. The van der Waals surface area contributed by atoms with Gasteiger partial charge in [-0.15, -0.1) is 0 Å². The molecule has 0 aromatic heterocycles. The first kappa shape index (κ1) is 22.5. The quantitative estimate of drug-likeness (QED) is 0.169. The number of carbonyl (C=O) groups excluding carboxylic acids is 1. The summed E-state index contributed by atoms with van der Waals surface area (Å²) in [6.45, 7) is 6.29. The van der Waals surface area contributed by atoms with Gasteiger partial charge >= 0.3 is 0 Å². The van der Waals surface area contributed by atoms with Gasteiger partial charge in [-0.2, -0.15) is 11.8 Å². The molecule has 0 radical (unpaired) electrons. The lowest BCUT2D eigenvalue weighted by Gasteiger charge is -2.03. The van der Waals surface area contributed by atoms with Gasteiger partial charge in [-0.25, -0.2) is 0 Å². The van der Waals surface area contributed by atoms with Crippen LogP contribution in [0, 0.1) is 0 Å². The molecule has 0 rings (SSSR count). The van der Waals surface area contributed by atoms with E-state index in [4.69, 9.17) is 0 Å². The summed E-state index contributed by atoms with van der Waals surface area (Å²) in [7, 11) is 0. The third-order valence-electron chi connectivity index (χ3n) is 4.03. The Bertz CT molecular complexity index is 331. The number of hydrogen-bond acceptors (Lipinski definition) is 2. The Morgan fingerprint density at radius 2 is 1.43 bits per heavy atom. The molecule has 0 heterocycles. The molecular formula is C21H38OS. The second kappa shape index (κ2) is 17.8. The van der Waals surface area contributed by atoms with Crippen molar-refractivity contribution in [3.63, 3.8) is 0 Å². The summed E-state index contributed by atoms with van der Waals surface area (Å²) in [5.41, 5.74) is 0.880. The van der Waals surface area contributed by atoms with Crippen LogP contribution in [0.4, 0.5) is 0 Å². The molecule has 0 spiro atoms. The Hall–Kier alpha value is -0.500. The van der Waals surface area contributed by atoms with E-state index in [9.17, 15) is 4.79 Å². The molecule has 0 fully saturated rings. The van der Waals surface area contributed by atoms with Crippen molar-refractivity contribution < 1.29 is 4.79 Å². The van der Waals surface area contributed by atoms with Gasteiger partial charge < -0.3 is 0 Å². The van der Waals surface area contributed by atoms with Crippen LogP contribution in [0.1, 0.15) is 91.4 Å². The molecule has 0 unspecified atom stereocenters. The summed E-state index contributed by atoms with van der Waals surface area (Å²) in [5.74, 6) is 2.04. The molecule has 134 valence electrons. The van der Waals surface area contributed by atoms with Gasteiger partial charge in [0.25, 0.3) is 0 Å². The summed E-state index contributed by atoms with van der Waals surface area (Å²) >= 11 is 1.79. The van der Waals surface area contributed by atoms with Crippen LogP contribution in [-0.4, -0.2) is 17.3 Å². The molecule has 0 bridgehead atoms. The molecule has 0 aromatic rings. The minimum atomic E-state index is 0.280. The summed E-state index contributed by atoms with van der Waals surface area (Å²) in [6, 6.07) is 0. The van der Waals surface area contributed by atoms with Crippen molar-refractivity contribution in [1.82, 2.24) is 0 Å². The van der Waals surface area contributed by atoms with Gasteiger partial charge in [-0.05, 0) is 31.1 Å².